The molecule has 4 rings (SSSR count). The lowest BCUT2D eigenvalue weighted by Gasteiger charge is -2.36. The van der Waals surface area contributed by atoms with Crippen LogP contribution in [0.5, 0.6) is 0 Å². The van der Waals surface area contributed by atoms with E-state index in [1.807, 2.05) is 36.5 Å². The van der Waals surface area contributed by atoms with E-state index in [1.165, 1.54) is 5.56 Å². The SMILES string of the molecule is CC1(C)Cc2nc(-c3cccnc3)ncc2C(NC(=O)CCc2ccccc2)C1. The highest BCUT2D eigenvalue weighted by Crippen LogP contribution is 2.40. The molecule has 0 saturated heterocycles. The van der Waals surface area contributed by atoms with Crippen molar-refractivity contribution >= 4 is 5.91 Å². The highest BCUT2D eigenvalue weighted by Gasteiger charge is 2.34. The third kappa shape index (κ3) is 4.67. The summed E-state index contributed by atoms with van der Waals surface area (Å²) < 4.78 is 0. The number of hydrogen-bond donors (Lipinski definition) is 1. The van der Waals surface area contributed by atoms with Crippen LogP contribution in [-0.2, 0) is 17.6 Å². The number of pyridine rings is 1. The summed E-state index contributed by atoms with van der Waals surface area (Å²) in [4.78, 5) is 26.2. The summed E-state index contributed by atoms with van der Waals surface area (Å²) in [6.07, 6.45) is 8.37. The quantitative estimate of drug-likeness (QED) is 0.710. The summed E-state index contributed by atoms with van der Waals surface area (Å²) in [6.45, 7) is 4.45. The van der Waals surface area contributed by atoms with E-state index in [1.54, 1.807) is 12.4 Å². The lowest BCUT2D eigenvalue weighted by Crippen LogP contribution is -2.37. The molecule has 1 aliphatic rings. The number of hydrogen-bond acceptors (Lipinski definition) is 4. The van der Waals surface area contributed by atoms with Crippen LogP contribution in [0, 0.1) is 5.41 Å². The average molecular weight is 386 g/mol. The van der Waals surface area contributed by atoms with Gasteiger partial charge in [0.1, 0.15) is 0 Å². The van der Waals surface area contributed by atoms with Gasteiger partial charge in [-0.1, -0.05) is 44.2 Å². The van der Waals surface area contributed by atoms with Crippen LogP contribution >= 0.6 is 0 Å². The predicted molar refractivity (Wildman–Crippen MR) is 113 cm³/mol. The fourth-order valence-electron chi connectivity index (χ4n) is 3.98. The summed E-state index contributed by atoms with van der Waals surface area (Å²) >= 11 is 0. The van der Waals surface area contributed by atoms with Gasteiger partial charge >= 0.3 is 0 Å². The number of aryl methyl sites for hydroxylation is 1. The van der Waals surface area contributed by atoms with Crippen LogP contribution in [0.4, 0.5) is 0 Å². The van der Waals surface area contributed by atoms with Crippen molar-refractivity contribution in [3.8, 4) is 11.4 Å². The summed E-state index contributed by atoms with van der Waals surface area (Å²) in [7, 11) is 0. The van der Waals surface area contributed by atoms with E-state index in [0.29, 0.717) is 12.2 Å². The molecule has 0 spiro atoms. The number of nitrogens with zero attached hydrogens (tertiary/aromatic N) is 3. The lowest BCUT2D eigenvalue weighted by molar-refractivity contribution is -0.122. The summed E-state index contributed by atoms with van der Waals surface area (Å²) in [5, 5.41) is 3.23. The Hall–Kier alpha value is -3.08. The molecule has 3 aromatic rings. The molecule has 0 aliphatic heterocycles. The van der Waals surface area contributed by atoms with Crippen LogP contribution in [0.25, 0.3) is 11.4 Å². The van der Waals surface area contributed by atoms with Gasteiger partial charge in [-0.25, -0.2) is 9.97 Å². The van der Waals surface area contributed by atoms with Crippen molar-refractivity contribution in [1.82, 2.24) is 20.3 Å². The summed E-state index contributed by atoms with van der Waals surface area (Å²) in [5.74, 6) is 0.752. The number of aromatic nitrogens is 3. The number of carbonyl (C=O) groups excluding carboxylic acids is 1. The predicted octanol–water partition coefficient (Wildman–Crippen LogP) is 4.30. The largest absolute Gasteiger partial charge is 0.349 e. The minimum Gasteiger partial charge on any atom is -0.349 e. The molecule has 0 radical (unpaired) electrons. The lowest BCUT2D eigenvalue weighted by atomic mass is 9.74. The molecule has 29 heavy (non-hydrogen) atoms. The average Bonchev–Trinajstić information content (AvgIpc) is 2.72. The molecule has 0 bridgehead atoms. The number of fused-ring (bicyclic) bond motifs is 1. The molecule has 0 fully saturated rings. The second-order valence-electron chi connectivity index (χ2n) is 8.49. The number of rotatable bonds is 5. The van der Waals surface area contributed by atoms with Crippen LogP contribution in [0.2, 0.25) is 0 Å². The molecule has 2 heterocycles. The maximum Gasteiger partial charge on any atom is 0.220 e. The Morgan fingerprint density at radius 2 is 1.97 bits per heavy atom. The molecule has 0 saturated carbocycles. The van der Waals surface area contributed by atoms with Crippen molar-refractivity contribution in [3.63, 3.8) is 0 Å². The topological polar surface area (TPSA) is 67.8 Å². The van der Waals surface area contributed by atoms with Crippen LogP contribution in [0.3, 0.4) is 0 Å². The van der Waals surface area contributed by atoms with Crippen LogP contribution in [-0.4, -0.2) is 20.9 Å². The molecule has 1 amide bonds. The molecule has 1 aromatic carbocycles. The van der Waals surface area contributed by atoms with Gasteiger partial charge in [-0.2, -0.15) is 0 Å². The third-order valence-electron chi connectivity index (χ3n) is 5.42. The van der Waals surface area contributed by atoms with E-state index in [4.69, 9.17) is 4.98 Å². The van der Waals surface area contributed by atoms with Gasteiger partial charge in [0.15, 0.2) is 5.82 Å². The number of nitrogens with one attached hydrogen (secondary N) is 1. The molecule has 2 aromatic heterocycles. The van der Waals surface area contributed by atoms with E-state index in [9.17, 15) is 4.79 Å². The number of benzene rings is 1. The molecular weight excluding hydrogens is 360 g/mol. The normalized spacial score (nSPS) is 17.4. The van der Waals surface area contributed by atoms with Gasteiger partial charge in [0.25, 0.3) is 0 Å². The number of carbonyl (C=O) groups is 1. The maximum absolute atomic E-state index is 12.6. The third-order valence-corrected chi connectivity index (χ3v) is 5.42. The molecular formula is C24H26N4O. The van der Waals surface area contributed by atoms with E-state index in [0.717, 1.165) is 36.1 Å². The highest BCUT2D eigenvalue weighted by atomic mass is 16.1. The number of amides is 1. The molecule has 5 heteroatoms. The first-order valence-electron chi connectivity index (χ1n) is 10.1. The minimum absolute atomic E-state index is 0.0556. The van der Waals surface area contributed by atoms with Crippen molar-refractivity contribution in [2.24, 2.45) is 5.41 Å². The second-order valence-corrected chi connectivity index (χ2v) is 8.49. The van der Waals surface area contributed by atoms with Crippen LogP contribution in [0.15, 0.2) is 61.1 Å². The Kier molecular flexibility index (Phi) is 5.38. The Morgan fingerprint density at radius 1 is 1.14 bits per heavy atom. The van der Waals surface area contributed by atoms with Gasteiger partial charge in [0.2, 0.25) is 5.91 Å². The van der Waals surface area contributed by atoms with Crippen molar-refractivity contribution < 1.29 is 4.79 Å². The van der Waals surface area contributed by atoms with Gasteiger partial charge in [-0.05, 0) is 42.4 Å². The zero-order valence-electron chi connectivity index (χ0n) is 16.9. The standard InChI is InChI=1S/C24H26N4O/c1-24(2)13-20(27-22(29)11-10-17-7-4-3-5-8-17)19-16-26-23(28-21(19)14-24)18-9-6-12-25-15-18/h3-9,12,15-16,20H,10-11,13-14H2,1-2H3,(H,27,29). The van der Waals surface area contributed by atoms with Crippen molar-refractivity contribution in [3.05, 3.63) is 77.9 Å². The molecule has 1 unspecified atom stereocenters. The summed E-state index contributed by atoms with van der Waals surface area (Å²) in [6, 6.07) is 13.9. The summed E-state index contributed by atoms with van der Waals surface area (Å²) in [5.41, 5.74) is 4.19. The van der Waals surface area contributed by atoms with Crippen molar-refractivity contribution in [1.29, 1.82) is 0 Å². The van der Waals surface area contributed by atoms with Crippen LogP contribution in [0.1, 0.15) is 49.6 Å². The van der Waals surface area contributed by atoms with E-state index in [2.05, 4.69) is 41.3 Å². The highest BCUT2D eigenvalue weighted by molar-refractivity contribution is 5.76. The fourth-order valence-corrected chi connectivity index (χ4v) is 3.98. The van der Waals surface area contributed by atoms with Gasteiger partial charge in [-0.15, -0.1) is 0 Å². The van der Waals surface area contributed by atoms with E-state index >= 15 is 0 Å². The van der Waals surface area contributed by atoms with Gasteiger partial charge in [0.05, 0.1) is 11.7 Å². The van der Waals surface area contributed by atoms with Gasteiger partial charge < -0.3 is 5.32 Å². The monoisotopic (exact) mass is 386 g/mol. The van der Waals surface area contributed by atoms with Crippen molar-refractivity contribution in [2.45, 2.75) is 45.6 Å². The maximum atomic E-state index is 12.6. The van der Waals surface area contributed by atoms with Gasteiger partial charge in [-0.3, -0.25) is 9.78 Å². The molecule has 1 N–H and O–H groups in total. The molecule has 1 aliphatic carbocycles. The first kappa shape index (κ1) is 19.2. The molecule has 1 atom stereocenters. The first-order chi connectivity index (χ1) is 14.0. The Labute approximate surface area is 171 Å². The zero-order valence-corrected chi connectivity index (χ0v) is 16.9. The first-order valence-corrected chi connectivity index (χ1v) is 10.1. The van der Waals surface area contributed by atoms with Crippen molar-refractivity contribution in [2.75, 3.05) is 0 Å². The smallest absolute Gasteiger partial charge is 0.220 e. The van der Waals surface area contributed by atoms with E-state index < -0.39 is 0 Å². The van der Waals surface area contributed by atoms with Gasteiger partial charge in [0, 0.05) is 36.1 Å². The Morgan fingerprint density at radius 3 is 2.72 bits per heavy atom. The molecule has 5 nitrogen and oxygen atoms in total. The zero-order chi connectivity index (χ0) is 20.3. The van der Waals surface area contributed by atoms with Crippen LogP contribution < -0.4 is 5.32 Å². The minimum atomic E-state index is -0.0556. The second kappa shape index (κ2) is 8.11. The Balaban J connectivity index is 1.52. The fraction of sp³-hybridized carbons (Fsp3) is 0.333. The van der Waals surface area contributed by atoms with E-state index in [-0.39, 0.29) is 17.4 Å². The Bertz CT molecular complexity index is 986. The molecule has 148 valence electrons.